The molecular formula is C27H31BO3P-. The van der Waals surface area contributed by atoms with Gasteiger partial charge in [-0.2, -0.15) is 0 Å². The molecule has 0 atom stereocenters. The highest BCUT2D eigenvalue weighted by molar-refractivity contribution is 7.74. The van der Waals surface area contributed by atoms with Gasteiger partial charge in [-0.15, -0.1) is 0 Å². The molecule has 0 bridgehead atoms. The third-order valence-corrected chi connectivity index (χ3v) is 9.29. The van der Waals surface area contributed by atoms with E-state index in [-0.39, 0.29) is 0 Å². The van der Waals surface area contributed by atoms with Crippen LogP contribution in [-0.4, -0.2) is 33.0 Å². The van der Waals surface area contributed by atoms with Crippen LogP contribution in [0.5, 0.6) is 5.75 Å². The fourth-order valence-corrected chi connectivity index (χ4v) is 6.74. The SMILES string of the molecule is C[P+](C)(C)C1CCCCC1.[O-]B([O-])Oc1cccc2ccc3cc4ccccc4cc3c12. The Kier molecular flexibility index (Phi) is 7.05. The van der Waals surface area contributed by atoms with Crippen LogP contribution < -0.4 is 14.7 Å². The minimum atomic E-state index is -2.33. The molecule has 0 aromatic heterocycles. The Morgan fingerprint density at radius 2 is 1.38 bits per heavy atom. The normalized spacial score (nSPS) is 14.9. The highest BCUT2D eigenvalue weighted by Gasteiger charge is 2.31. The van der Waals surface area contributed by atoms with Crippen LogP contribution >= 0.6 is 7.26 Å². The maximum atomic E-state index is 10.9. The summed E-state index contributed by atoms with van der Waals surface area (Å²) in [5.41, 5.74) is 1.11. The van der Waals surface area contributed by atoms with Gasteiger partial charge in [0, 0.05) is 32.6 Å². The van der Waals surface area contributed by atoms with Crippen LogP contribution in [0.3, 0.4) is 0 Å². The first-order valence-electron chi connectivity index (χ1n) is 11.5. The molecule has 1 saturated carbocycles. The van der Waals surface area contributed by atoms with Crippen molar-refractivity contribution in [1.29, 1.82) is 0 Å². The number of fused-ring (bicyclic) bond motifs is 4. The van der Waals surface area contributed by atoms with Gasteiger partial charge in [-0.05, 0) is 70.8 Å². The first-order chi connectivity index (χ1) is 15.3. The lowest BCUT2D eigenvalue weighted by Crippen LogP contribution is -2.50. The molecule has 0 saturated heterocycles. The summed E-state index contributed by atoms with van der Waals surface area (Å²) in [4.78, 5) is 0. The average Bonchev–Trinajstić information content (AvgIpc) is 2.78. The van der Waals surface area contributed by atoms with E-state index in [1.807, 2.05) is 36.4 Å². The van der Waals surface area contributed by atoms with E-state index in [0.717, 1.165) is 38.0 Å². The maximum Gasteiger partial charge on any atom is 0.133 e. The van der Waals surface area contributed by atoms with Gasteiger partial charge >= 0.3 is 0 Å². The zero-order chi connectivity index (χ0) is 22.7. The Morgan fingerprint density at radius 3 is 2.00 bits per heavy atom. The Bertz CT molecular complexity index is 1210. The molecule has 0 aliphatic heterocycles. The monoisotopic (exact) mass is 445 g/mol. The molecule has 1 aliphatic carbocycles. The van der Waals surface area contributed by atoms with Crippen LogP contribution in [0.4, 0.5) is 0 Å². The fourth-order valence-electron chi connectivity index (χ4n) is 4.82. The van der Waals surface area contributed by atoms with Crippen LogP contribution in [-0.2, 0) is 0 Å². The molecule has 0 spiro atoms. The number of rotatable bonds is 3. The smallest absolute Gasteiger partial charge is 0.133 e. The molecule has 3 nitrogen and oxygen atoms in total. The summed E-state index contributed by atoms with van der Waals surface area (Å²) >= 11 is 0. The molecule has 0 N–H and O–H groups in total. The van der Waals surface area contributed by atoms with E-state index in [2.05, 4.69) is 38.2 Å². The Morgan fingerprint density at radius 1 is 0.750 bits per heavy atom. The Labute approximate surface area is 191 Å². The maximum absolute atomic E-state index is 10.9. The number of hydrogen-bond acceptors (Lipinski definition) is 3. The van der Waals surface area contributed by atoms with Gasteiger partial charge < -0.3 is 14.7 Å². The van der Waals surface area contributed by atoms with Gasteiger partial charge in [0.1, 0.15) is 13.1 Å². The standard InChI is InChI=1S/C18H11BO3.C9H20P/c20-19(21)22-17-7-3-6-12-8-9-15-10-13-4-1-2-5-14(13)11-16(15)18(12)17;1-10(2,3)9-7-5-4-6-8-9/h1-11H;9H,4-8H2,1-3H3/q-2;+1. The first kappa shape index (κ1) is 23.0. The quantitative estimate of drug-likeness (QED) is 0.182. The van der Waals surface area contributed by atoms with Gasteiger partial charge in [-0.3, -0.25) is 0 Å². The van der Waals surface area contributed by atoms with Gasteiger partial charge in [0.15, 0.2) is 0 Å². The number of hydrogen-bond donors (Lipinski definition) is 0. The molecule has 5 rings (SSSR count). The Balaban J connectivity index is 0.000000207. The third-order valence-electron chi connectivity index (χ3n) is 6.58. The van der Waals surface area contributed by atoms with Gasteiger partial charge in [-0.25, -0.2) is 0 Å². The van der Waals surface area contributed by atoms with Gasteiger partial charge in [0.2, 0.25) is 0 Å². The molecule has 1 fully saturated rings. The molecular weight excluding hydrogens is 414 g/mol. The van der Waals surface area contributed by atoms with E-state index in [4.69, 9.17) is 4.65 Å². The molecule has 5 heteroatoms. The van der Waals surface area contributed by atoms with Gasteiger partial charge in [0.05, 0.1) is 5.66 Å². The van der Waals surface area contributed by atoms with E-state index in [1.54, 1.807) is 12.1 Å². The van der Waals surface area contributed by atoms with Crippen molar-refractivity contribution in [3.63, 3.8) is 0 Å². The minimum Gasteiger partial charge on any atom is -0.860 e. The van der Waals surface area contributed by atoms with Crippen LogP contribution in [0.2, 0.25) is 0 Å². The second-order valence-electron chi connectivity index (χ2n) is 9.65. The van der Waals surface area contributed by atoms with Crippen molar-refractivity contribution < 1.29 is 14.7 Å². The van der Waals surface area contributed by atoms with Crippen LogP contribution in [0.15, 0.2) is 66.7 Å². The number of benzene rings is 4. The van der Waals surface area contributed by atoms with E-state index in [9.17, 15) is 10.0 Å². The summed E-state index contributed by atoms with van der Waals surface area (Å²) in [7, 11) is -2.82. The van der Waals surface area contributed by atoms with E-state index in [1.165, 1.54) is 32.1 Å². The van der Waals surface area contributed by atoms with Gasteiger partial charge in [-0.1, -0.05) is 55.0 Å². The van der Waals surface area contributed by atoms with Crippen molar-refractivity contribution >= 4 is 46.9 Å². The highest BCUT2D eigenvalue weighted by atomic mass is 31.2. The lowest BCUT2D eigenvalue weighted by atomic mass is 9.97. The average molecular weight is 445 g/mol. The van der Waals surface area contributed by atoms with E-state index < -0.39 is 14.6 Å². The molecule has 0 heterocycles. The van der Waals surface area contributed by atoms with Crippen molar-refractivity contribution in [2.24, 2.45) is 0 Å². The fraction of sp³-hybridized carbons (Fsp3) is 0.333. The summed E-state index contributed by atoms with van der Waals surface area (Å²) in [5, 5.41) is 27.9. The summed E-state index contributed by atoms with van der Waals surface area (Å²) in [6, 6.07) is 21.7. The van der Waals surface area contributed by atoms with Crippen molar-refractivity contribution in [2.45, 2.75) is 37.8 Å². The summed E-state index contributed by atoms with van der Waals surface area (Å²) in [6.45, 7) is 7.47. The second kappa shape index (κ2) is 9.79. The molecule has 0 unspecified atom stereocenters. The predicted molar refractivity (Wildman–Crippen MR) is 137 cm³/mol. The molecule has 0 amide bonds. The lowest BCUT2D eigenvalue weighted by Gasteiger charge is -2.27. The first-order valence-corrected chi connectivity index (χ1v) is 14.7. The zero-order valence-corrected chi connectivity index (χ0v) is 20.1. The second-order valence-corrected chi connectivity index (χ2v) is 14.6. The molecule has 166 valence electrons. The Hall–Kier alpha value is -2.13. The zero-order valence-electron chi connectivity index (χ0n) is 19.2. The van der Waals surface area contributed by atoms with Crippen molar-refractivity contribution in [3.05, 3.63) is 66.7 Å². The van der Waals surface area contributed by atoms with E-state index >= 15 is 0 Å². The topological polar surface area (TPSA) is 55.3 Å². The van der Waals surface area contributed by atoms with Crippen molar-refractivity contribution in [3.8, 4) is 5.75 Å². The van der Waals surface area contributed by atoms with Crippen LogP contribution in [0.25, 0.3) is 32.3 Å². The molecule has 4 aromatic rings. The summed E-state index contributed by atoms with van der Waals surface area (Å²) < 4.78 is 4.94. The minimum absolute atomic E-state index is 0.341. The van der Waals surface area contributed by atoms with Gasteiger partial charge in [0.25, 0.3) is 0 Å². The largest absolute Gasteiger partial charge is 0.860 e. The van der Waals surface area contributed by atoms with Crippen molar-refractivity contribution in [2.75, 3.05) is 20.0 Å². The summed E-state index contributed by atoms with van der Waals surface area (Å²) in [5.74, 6) is 0.341. The molecule has 1 aliphatic rings. The molecule has 32 heavy (non-hydrogen) atoms. The molecule has 4 aromatic carbocycles. The summed E-state index contributed by atoms with van der Waals surface area (Å²) in [6.07, 6.45) is 7.55. The lowest BCUT2D eigenvalue weighted by molar-refractivity contribution is -0.372. The molecule has 0 radical (unpaired) electrons. The predicted octanol–water partition coefficient (Wildman–Crippen LogP) is 5.46. The van der Waals surface area contributed by atoms with E-state index in [0.29, 0.717) is 5.75 Å². The van der Waals surface area contributed by atoms with Crippen LogP contribution in [0.1, 0.15) is 32.1 Å². The third kappa shape index (κ3) is 5.26. The highest BCUT2D eigenvalue weighted by Crippen LogP contribution is 2.56. The van der Waals surface area contributed by atoms with Crippen LogP contribution in [0, 0.1) is 0 Å². The van der Waals surface area contributed by atoms with Crippen molar-refractivity contribution in [1.82, 2.24) is 0 Å².